The van der Waals surface area contributed by atoms with Gasteiger partial charge < -0.3 is 10.4 Å². The number of hydrogen-bond acceptors (Lipinski definition) is 6. The second-order valence-electron chi connectivity index (χ2n) is 5.25. The Kier molecular flexibility index (Phi) is 3.63. The molecule has 3 aromatic heterocycles. The molecule has 10 heteroatoms. The fraction of sp³-hybridized carbons (Fsp3) is 0.286. The number of rotatable bonds is 3. The number of aromatic nitrogens is 5. The highest BCUT2D eigenvalue weighted by Crippen LogP contribution is 2.37. The Labute approximate surface area is 134 Å². The number of hydrogen-bond donors (Lipinski definition) is 2. The lowest BCUT2D eigenvalue weighted by molar-refractivity contribution is -0.260. The molecule has 1 atom stereocenters. The largest absolute Gasteiger partial charge is 0.422 e. The van der Waals surface area contributed by atoms with Crippen LogP contribution in [0.1, 0.15) is 12.6 Å². The minimum absolute atomic E-state index is 0.323. The van der Waals surface area contributed by atoms with Gasteiger partial charge in [0.2, 0.25) is 5.60 Å². The van der Waals surface area contributed by atoms with Crippen molar-refractivity contribution < 1.29 is 18.3 Å². The summed E-state index contributed by atoms with van der Waals surface area (Å²) in [6.07, 6.45) is 1.82. The molecule has 3 aromatic rings. The zero-order valence-corrected chi connectivity index (χ0v) is 12.7. The number of imidazole rings is 1. The van der Waals surface area contributed by atoms with Crippen LogP contribution in [0.15, 0.2) is 31.0 Å². The summed E-state index contributed by atoms with van der Waals surface area (Å²) in [4.78, 5) is 16.1. The summed E-state index contributed by atoms with van der Waals surface area (Å²) in [5, 5.41) is 12.6. The molecule has 24 heavy (non-hydrogen) atoms. The van der Waals surface area contributed by atoms with E-state index < -0.39 is 17.5 Å². The van der Waals surface area contributed by atoms with Crippen molar-refractivity contribution in [1.82, 2.24) is 24.3 Å². The van der Waals surface area contributed by atoms with E-state index in [9.17, 15) is 18.3 Å². The zero-order valence-electron chi connectivity index (χ0n) is 12.7. The van der Waals surface area contributed by atoms with Crippen LogP contribution in [0, 0.1) is 0 Å². The molecule has 0 spiro atoms. The SMILES string of the molecule is CNc1cncc(-c2cnc3cnc(C(C)(O)C(F)(F)F)cn23)n1. The van der Waals surface area contributed by atoms with E-state index >= 15 is 0 Å². The van der Waals surface area contributed by atoms with E-state index in [4.69, 9.17) is 0 Å². The third-order valence-electron chi connectivity index (χ3n) is 3.60. The van der Waals surface area contributed by atoms with Crippen molar-refractivity contribution in [3.63, 3.8) is 0 Å². The van der Waals surface area contributed by atoms with Gasteiger partial charge in [-0.15, -0.1) is 0 Å². The molecular formula is C14H13F3N6O. The molecule has 0 aliphatic heterocycles. The van der Waals surface area contributed by atoms with Gasteiger partial charge in [0.1, 0.15) is 11.5 Å². The van der Waals surface area contributed by atoms with Gasteiger partial charge in [-0.05, 0) is 6.92 Å². The first kappa shape index (κ1) is 16.1. The molecule has 0 amide bonds. The Bertz CT molecular complexity index is 890. The van der Waals surface area contributed by atoms with Crippen molar-refractivity contribution in [1.29, 1.82) is 0 Å². The number of fused-ring (bicyclic) bond motifs is 1. The van der Waals surface area contributed by atoms with Crippen LogP contribution in [0.2, 0.25) is 0 Å². The van der Waals surface area contributed by atoms with Crippen LogP contribution >= 0.6 is 0 Å². The number of nitrogens with zero attached hydrogens (tertiary/aromatic N) is 5. The third-order valence-corrected chi connectivity index (χ3v) is 3.60. The summed E-state index contributed by atoms with van der Waals surface area (Å²) in [6.45, 7) is 0.652. The highest BCUT2D eigenvalue weighted by atomic mass is 19.4. The maximum absolute atomic E-state index is 13.0. The Morgan fingerprint density at radius 2 is 1.88 bits per heavy atom. The average molecular weight is 338 g/mol. The topological polar surface area (TPSA) is 88.2 Å². The van der Waals surface area contributed by atoms with Crippen LogP contribution < -0.4 is 5.32 Å². The number of nitrogens with one attached hydrogen (secondary N) is 1. The number of aliphatic hydroxyl groups is 1. The molecule has 2 N–H and O–H groups in total. The first-order chi connectivity index (χ1) is 11.2. The van der Waals surface area contributed by atoms with Gasteiger partial charge in [-0.25, -0.2) is 9.97 Å². The van der Waals surface area contributed by atoms with E-state index in [0.717, 1.165) is 12.4 Å². The van der Waals surface area contributed by atoms with Crippen LogP contribution in [0.25, 0.3) is 17.0 Å². The Balaban J connectivity index is 2.16. The first-order valence-electron chi connectivity index (χ1n) is 6.87. The van der Waals surface area contributed by atoms with Crippen molar-refractivity contribution in [2.45, 2.75) is 18.7 Å². The molecule has 0 saturated heterocycles. The second-order valence-corrected chi connectivity index (χ2v) is 5.25. The molecule has 0 aliphatic rings. The fourth-order valence-corrected chi connectivity index (χ4v) is 2.09. The molecule has 126 valence electrons. The predicted octanol–water partition coefficient (Wildman–Crippen LogP) is 2.00. The van der Waals surface area contributed by atoms with Gasteiger partial charge in [0, 0.05) is 13.2 Å². The summed E-state index contributed by atoms with van der Waals surface area (Å²) >= 11 is 0. The van der Waals surface area contributed by atoms with Gasteiger partial charge in [0.25, 0.3) is 0 Å². The van der Waals surface area contributed by atoms with E-state index in [-0.39, 0.29) is 0 Å². The Hall–Kier alpha value is -2.75. The van der Waals surface area contributed by atoms with Crippen LogP contribution in [0.3, 0.4) is 0 Å². The summed E-state index contributed by atoms with van der Waals surface area (Å²) in [5.74, 6) is 0.499. The molecule has 3 heterocycles. The standard InChI is InChI=1S/C14H13F3N6O/c1-13(24,14(15,16)17)10-7-23-9(4-21-12(23)6-20-10)8-3-19-5-11(18-2)22-8/h3-7,24H,1-2H3,(H,18,22). The first-order valence-corrected chi connectivity index (χ1v) is 6.87. The van der Waals surface area contributed by atoms with E-state index in [1.165, 1.54) is 23.0 Å². The zero-order chi connectivity index (χ0) is 17.5. The smallest absolute Gasteiger partial charge is 0.375 e. The van der Waals surface area contributed by atoms with E-state index in [2.05, 4.69) is 25.3 Å². The average Bonchev–Trinajstić information content (AvgIpc) is 2.97. The maximum Gasteiger partial charge on any atom is 0.422 e. The molecule has 0 radical (unpaired) electrons. The molecule has 0 aromatic carbocycles. The molecule has 0 fully saturated rings. The lowest BCUT2D eigenvalue weighted by atomic mass is 10.0. The molecular weight excluding hydrogens is 325 g/mol. The van der Waals surface area contributed by atoms with E-state index in [1.807, 2.05) is 0 Å². The van der Waals surface area contributed by atoms with Crippen LogP contribution in [-0.2, 0) is 5.60 Å². The minimum Gasteiger partial charge on any atom is -0.375 e. The Morgan fingerprint density at radius 3 is 2.54 bits per heavy atom. The van der Waals surface area contributed by atoms with Crippen LogP contribution in [-0.4, -0.2) is 42.7 Å². The lowest BCUT2D eigenvalue weighted by Gasteiger charge is -2.25. The number of alkyl halides is 3. The lowest BCUT2D eigenvalue weighted by Crippen LogP contribution is -2.40. The molecule has 1 unspecified atom stereocenters. The van der Waals surface area contributed by atoms with E-state index in [1.54, 1.807) is 7.05 Å². The number of anilines is 1. The van der Waals surface area contributed by atoms with Gasteiger partial charge in [0.15, 0.2) is 5.65 Å². The summed E-state index contributed by atoms with van der Waals surface area (Å²) in [5.41, 5.74) is -2.46. The highest BCUT2D eigenvalue weighted by molar-refractivity contribution is 5.60. The second kappa shape index (κ2) is 5.41. The quantitative estimate of drug-likeness (QED) is 0.759. The third kappa shape index (κ3) is 2.54. The summed E-state index contributed by atoms with van der Waals surface area (Å²) < 4.78 is 40.4. The monoisotopic (exact) mass is 338 g/mol. The molecule has 0 bridgehead atoms. The Morgan fingerprint density at radius 1 is 1.12 bits per heavy atom. The van der Waals surface area contributed by atoms with Crippen molar-refractivity contribution in [2.24, 2.45) is 0 Å². The van der Waals surface area contributed by atoms with Crippen LogP contribution in [0.4, 0.5) is 19.0 Å². The van der Waals surface area contributed by atoms with Crippen LogP contribution in [0.5, 0.6) is 0 Å². The highest BCUT2D eigenvalue weighted by Gasteiger charge is 2.52. The minimum atomic E-state index is -4.86. The van der Waals surface area contributed by atoms with E-state index in [0.29, 0.717) is 29.8 Å². The van der Waals surface area contributed by atoms with Gasteiger partial charge >= 0.3 is 6.18 Å². The van der Waals surface area contributed by atoms with Crippen molar-refractivity contribution in [3.05, 3.63) is 36.7 Å². The van der Waals surface area contributed by atoms with Gasteiger partial charge in [-0.2, -0.15) is 13.2 Å². The summed E-state index contributed by atoms with van der Waals surface area (Å²) in [6, 6.07) is 0. The number of halogens is 3. The molecule has 0 aliphatic carbocycles. The molecule has 3 rings (SSSR count). The van der Waals surface area contributed by atoms with Crippen molar-refractivity contribution >= 4 is 11.5 Å². The molecule has 0 saturated carbocycles. The summed E-state index contributed by atoms with van der Waals surface area (Å²) in [7, 11) is 1.67. The van der Waals surface area contributed by atoms with Crippen molar-refractivity contribution in [2.75, 3.05) is 12.4 Å². The maximum atomic E-state index is 13.0. The molecule has 7 nitrogen and oxygen atoms in total. The fourth-order valence-electron chi connectivity index (χ4n) is 2.09. The van der Waals surface area contributed by atoms with Gasteiger partial charge in [-0.1, -0.05) is 0 Å². The van der Waals surface area contributed by atoms with Gasteiger partial charge in [0.05, 0.1) is 36.2 Å². The normalized spacial score (nSPS) is 14.6. The van der Waals surface area contributed by atoms with Gasteiger partial charge in [-0.3, -0.25) is 14.4 Å². The predicted molar refractivity (Wildman–Crippen MR) is 79.2 cm³/mol. The van der Waals surface area contributed by atoms with Crippen molar-refractivity contribution in [3.8, 4) is 11.4 Å².